The van der Waals surface area contributed by atoms with Crippen molar-refractivity contribution in [2.24, 2.45) is 5.92 Å². The lowest BCUT2D eigenvalue weighted by Gasteiger charge is -2.30. The van der Waals surface area contributed by atoms with Gasteiger partial charge in [-0.1, -0.05) is 35.9 Å². The predicted octanol–water partition coefficient (Wildman–Crippen LogP) is 5.67. The largest absolute Gasteiger partial charge is 0.298 e. The molecule has 0 saturated heterocycles. The fourth-order valence-corrected chi connectivity index (χ4v) is 3.56. The molecule has 1 N–H and O–H groups in total. The van der Waals surface area contributed by atoms with Crippen LogP contribution in [0.2, 0.25) is 5.02 Å². The first-order chi connectivity index (χ1) is 12.2. The molecule has 0 radical (unpaired) electrons. The highest BCUT2D eigenvalue weighted by molar-refractivity contribution is 7.98. The van der Waals surface area contributed by atoms with E-state index < -0.39 is 0 Å². The molecule has 25 heavy (non-hydrogen) atoms. The van der Waals surface area contributed by atoms with Gasteiger partial charge in [0.25, 0.3) is 0 Å². The summed E-state index contributed by atoms with van der Waals surface area (Å²) in [5.41, 5.74) is 8.35. The molecular weight excluding hydrogens is 348 g/mol. The number of hydrogen-bond donors (Lipinski definition) is 1. The monoisotopic (exact) mass is 368 g/mol. The normalized spacial score (nSPS) is 17.0. The summed E-state index contributed by atoms with van der Waals surface area (Å²) in [6, 6.07) is 16.8. The fraction of sp³-hybridized carbons (Fsp3) is 0.238. The minimum Gasteiger partial charge on any atom is -0.298 e. The summed E-state index contributed by atoms with van der Waals surface area (Å²) in [6.45, 7) is 1.07. The lowest BCUT2D eigenvalue weighted by Crippen LogP contribution is -2.36. The van der Waals surface area contributed by atoms with Gasteiger partial charge >= 0.3 is 0 Å². The number of thioether (sulfide) groups is 1. The molecule has 2 aromatic rings. The first-order valence-corrected chi connectivity index (χ1v) is 10.2. The Kier molecular flexibility index (Phi) is 4.78. The second kappa shape index (κ2) is 7.19. The zero-order chi connectivity index (χ0) is 17.2. The first-order valence-electron chi connectivity index (χ1n) is 8.59. The topological polar surface area (TPSA) is 15.3 Å². The highest BCUT2D eigenvalue weighted by Crippen LogP contribution is 2.33. The Bertz CT molecular complexity index is 805. The quantitative estimate of drug-likeness (QED) is 0.684. The third-order valence-electron chi connectivity index (χ3n) is 4.63. The Morgan fingerprint density at radius 1 is 1.04 bits per heavy atom. The Hall–Kier alpha value is -1.84. The lowest BCUT2D eigenvalue weighted by atomic mass is 9.98. The Labute approximate surface area is 158 Å². The molecule has 0 amide bonds. The van der Waals surface area contributed by atoms with Crippen molar-refractivity contribution in [3.05, 3.63) is 77.0 Å². The summed E-state index contributed by atoms with van der Waals surface area (Å²) in [7, 11) is 0. The number of nitrogens with zero attached hydrogens (tertiary/aromatic N) is 1. The Balaban J connectivity index is 1.71. The van der Waals surface area contributed by atoms with Gasteiger partial charge in [0, 0.05) is 33.8 Å². The van der Waals surface area contributed by atoms with Gasteiger partial charge in [0.2, 0.25) is 0 Å². The van der Waals surface area contributed by atoms with E-state index in [-0.39, 0.29) is 0 Å². The highest BCUT2D eigenvalue weighted by atomic mass is 35.5. The summed E-state index contributed by atoms with van der Waals surface area (Å²) in [6.07, 6.45) is 9.16. The minimum absolute atomic E-state index is 0.762. The standard InChI is InChI=1S/C21H21ClN2S/c1-25-19-10-6-17(7-11-19)21-20(16-4-8-18(22)9-5-16)12-13-24(23-21)14-15-2-3-15/h4-13,15,23H,2-3,14H2,1H3. The van der Waals surface area contributed by atoms with E-state index in [0.717, 1.165) is 23.2 Å². The first kappa shape index (κ1) is 16.6. The SMILES string of the molecule is CSc1ccc(C2=C(c3ccc(Cl)cc3)C=CN(CC3CC3)N2)cc1. The molecule has 0 bridgehead atoms. The van der Waals surface area contributed by atoms with Gasteiger partial charge in [-0.25, -0.2) is 0 Å². The van der Waals surface area contributed by atoms with E-state index >= 15 is 0 Å². The van der Waals surface area contributed by atoms with Gasteiger partial charge in [-0.2, -0.15) is 0 Å². The van der Waals surface area contributed by atoms with E-state index in [1.807, 2.05) is 12.1 Å². The number of hydrogen-bond acceptors (Lipinski definition) is 3. The van der Waals surface area contributed by atoms with E-state index in [9.17, 15) is 0 Å². The molecule has 1 aliphatic heterocycles. The van der Waals surface area contributed by atoms with Crippen LogP contribution in [0.1, 0.15) is 24.0 Å². The zero-order valence-electron chi connectivity index (χ0n) is 14.2. The smallest absolute Gasteiger partial charge is 0.0693 e. The molecule has 2 aliphatic rings. The van der Waals surface area contributed by atoms with E-state index in [4.69, 9.17) is 11.6 Å². The third kappa shape index (κ3) is 3.88. The van der Waals surface area contributed by atoms with Crippen molar-refractivity contribution >= 4 is 34.6 Å². The van der Waals surface area contributed by atoms with Gasteiger partial charge in [-0.05, 0) is 60.9 Å². The van der Waals surface area contributed by atoms with Crippen LogP contribution in [0.25, 0.3) is 11.3 Å². The van der Waals surface area contributed by atoms with Gasteiger partial charge in [-0.3, -0.25) is 10.4 Å². The molecule has 0 unspecified atom stereocenters. The highest BCUT2D eigenvalue weighted by Gasteiger charge is 2.25. The second-order valence-electron chi connectivity index (χ2n) is 6.55. The molecular formula is C21H21ClN2S. The molecule has 4 rings (SSSR count). The average molecular weight is 369 g/mol. The van der Waals surface area contributed by atoms with Crippen molar-refractivity contribution in [1.29, 1.82) is 0 Å². The third-order valence-corrected chi connectivity index (χ3v) is 5.63. The maximum Gasteiger partial charge on any atom is 0.0693 e. The van der Waals surface area contributed by atoms with Crippen LogP contribution in [0.5, 0.6) is 0 Å². The zero-order valence-corrected chi connectivity index (χ0v) is 15.8. The predicted molar refractivity (Wildman–Crippen MR) is 108 cm³/mol. The number of hydrazine groups is 1. The molecule has 0 spiro atoms. The second-order valence-corrected chi connectivity index (χ2v) is 7.86. The molecule has 1 heterocycles. The van der Waals surface area contributed by atoms with Crippen LogP contribution in [-0.2, 0) is 0 Å². The number of nitrogens with one attached hydrogen (secondary N) is 1. The molecule has 1 saturated carbocycles. The minimum atomic E-state index is 0.762. The molecule has 0 atom stereocenters. The van der Waals surface area contributed by atoms with E-state index in [1.165, 1.54) is 34.4 Å². The van der Waals surface area contributed by atoms with Gasteiger partial charge in [-0.15, -0.1) is 11.8 Å². The van der Waals surface area contributed by atoms with Crippen molar-refractivity contribution < 1.29 is 0 Å². The van der Waals surface area contributed by atoms with Crippen molar-refractivity contribution in [3.63, 3.8) is 0 Å². The van der Waals surface area contributed by atoms with Crippen LogP contribution in [0, 0.1) is 5.92 Å². The van der Waals surface area contributed by atoms with Crippen molar-refractivity contribution in [3.8, 4) is 0 Å². The fourth-order valence-electron chi connectivity index (χ4n) is 3.02. The summed E-state index contributed by atoms with van der Waals surface area (Å²) in [5, 5.41) is 2.98. The van der Waals surface area contributed by atoms with Gasteiger partial charge in [0.1, 0.15) is 0 Å². The van der Waals surface area contributed by atoms with Crippen LogP contribution < -0.4 is 5.43 Å². The maximum atomic E-state index is 6.06. The van der Waals surface area contributed by atoms with E-state index in [1.54, 1.807) is 11.8 Å². The van der Waals surface area contributed by atoms with Gasteiger partial charge < -0.3 is 0 Å². The van der Waals surface area contributed by atoms with Gasteiger partial charge in [0.15, 0.2) is 0 Å². The Morgan fingerprint density at radius 2 is 1.72 bits per heavy atom. The van der Waals surface area contributed by atoms with E-state index in [0.29, 0.717) is 0 Å². The maximum absolute atomic E-state index is 6.06. The van der Waals surface area contributed by atoms with Crippen LogP contribution in [0.4, 0.5) is 0 Å². The van der Waals surface area contributed by atoms with Crippen LogP contribution in [0.3, 0.4) is 0 Å². The number of halogens is 1. The molecule has 128 valence electrons. The summed E-state index contributed by atoms with van der Waals surface area (Å²) in [5.74, 6) is 0.828. The molecule has 2 nitrogen and oxygen atoms in total. The average Bonchev–Trinajstić information content (AvgIpc) is 3.47. The molecule has 4 heteroatoms. The molecule has 1 fully saturated rings. The summed E-state index contributed by atoms with van der Waals surface area (Å²) >= 11 is 7.83. The van der Waals surface area contributed by atoms with Crippen molar-refractivity contribution in [2.45, 2.75) is 17.7 Å². The van der Waals surface area contributed by atoms with Crippen molar-refractivity contribution in [1.82, 2.24) is 10.4 Å². The van der Waals surface area contributed by atoms with Crippen LogP contribution in [0.15, 0.2) is 65.7 Å². The lowest BCUT2D eigenvalue weighted by molar-refractivity contribution is 0.309. The number of rotatable bonds is 5. The van der Waals surface area contributed by atoms with E-state index in [2.05, 4.69) is 65.4 Å². The Morgan fingerprint density at radius 3 is 2.36 bits per heavy atom. The summed E-state index contributed by atoms with van der Waals surface area (Å²) < 4.78 is 0. The number of allylic oxidation sites excluding steroid dienone is 2. The summed E-state index contributed by atoms with van der Waals surface area (Å²) in [4.78, 5) is 1.28. The molecule has 0 aromatic heterocycles. The molecule has 2 aromatic carbocycles. The number of benzene rings is 2. The van der Waals surface area contributed by atoms with Crippen LogP contribution in [-0.4, -0.2) is 17.8 Å². The van der Waals surface area contributed by atoms with Crippen LogP contribution >= 0.6 is 23.4 Å². The molecule has 1 aliphatic carbocycles. The van der Waals surface area contributed by atoms with Crippen molar-refractivity contribution in [2.75, 3.05) is 12.8 Å². The van der Waals surface area contributed by atoms with Gasteiger partial charge in [0.05, 0.1) is 5.70 Å².